The van der Waals surface area contributed by atoms with E-state index in [0.717, 1.165) is 18.4 Å². The van der Waals surface area contributed by atoms with Crippen LogP contribution in [0.15, 0.2) is 54.6 Å². The van der Waals surface area contributed by atoms with Crippen molar-refractivity contribution in [1.82, 2.24) is 0 Å². The molecule has 0 radical (unpaired) electrons. The zero-order valence-corrected chi connectivity index (χ0v) is 10.8. The van der Waals surface area contributed by atoms with Gasteiger partial charge in [-0.1, -0.05) is 36.4 Å². The monoisotopic (exact) mass is 259 g/mol. The Bertz CT molecular complexity index is 501. The molecule has 2 nitrogen and oxygen atoms in total. The van der Waals surface area contributed by atoms with Gasteiger partial charge in [0.15, 0.2) is 0 Å². The summed E-state index contributed by atoms with van der Waals surface area (Å²) in [6.45, 7) is 0.621. The van der Waals surface area contributed by atoms with E-state index < -0.39 is 0 Å². The van der Waals surface area contributed by atoms with Crippen LogP contribution in [0, 0.1) is 5.82 Å². The minimum absolute atomic E-state index is 0.0912. The molecule has 0 heterocycles. The molecule has 0 aromatic heterocycles. The van der Waals surface area contributed by atoms with Gasteiger partial charge in [-0.05, 0) is 37.1 Å². The minimum atomic E-state index is -0.289. The van der Waals surface area contributed by atoms with E-state index in [2.05, 4.69) is 0 Å². The summed E-state index contributed by atoms with van der Waals surface area (Å²) in [6, 6.07) is 16.2. The maximum absolute atomic E-state index is 13.2. The number of hydrogen-bond acceptors (Lipinski definition) is 2. The molecule has 0 amide bonds. The van der Waals surface area contributed by atoms with Crippen LogP contribution in [-0.4, -0.2) is 6.54 Å². The number of nitrogens with two attached hydrogens (primary N) is 1. The summed E-state index contributed by atoms with van der Waals surface area (Å²) in [7, 11) is 0. The molecule has 2 aromatic rings. The molecule has 0 aliphatic rings. The van der Waals surface area contributed by atoms with Crippen LogP contribution in [0.1, 0.15) is 24.5 Å². The Morgan fingerprint density at radius 2 is 1.84 bits per heavy atom. The average molecular weight is 259 g/mol. The molecule has 0 aliphatic heterocycles. The number of benzene rings is 2. The van der Waals surface area contributed by atoms with Gasteiger partial charge in [-0.2, -0.15) is 0 Å². The Morgan fingerprint density at radius 3 is 2.53 bits per heavy atom. The van der Waals surface area contributed by atoms with E-state index in [0.29, 0.717) is 12.3 Å². The van der Waals surface area contributed by atoms with Crippen LogP contribution in [0.4, 0.5) is 4.39 Å². The van der Waals surface area contributed by atoms with Crippen LogP contribution in [0.5, 0.6) is 5.75 Å². The first-order valence-electron chi connectivity index (χ1n) is 6.47. The van der Waals surface area contributed by atoms with Crippen molar-refractivity contribution in [3.63, 3.8) is 0 Å². The third-order valence-electron chi connectivity index (χ3n) is 2.92. The number of hydrogen-bond donors (Lipinski definition) is 1. The van der Waals surface area contributed by atoms with Gasteiger partial charge in [0.1, 0.15) is 17.7 Å². The Labute approximate surface area is 113 Å². The van der Waals surface area contributed by atoms with E-state index in [4.69, 9.17) is 10.5 Å². The lowest BCUT2D eigenvalue weighted by atomic mass is 10.0. The molecule has 0 aliphatic carbocycles. The van der Waals surface area contributed by atoms with Crippen molar-refractivity contribution in [3.05, 3.63) is 66.0 Å². The normalized spacial score (nSPS) is 12.1. The van der Waals surface area contributed by atoms with E-state index >= 15 is 0 Å². The molecule has 0 saturated carbocycles. The quantitative estimate of drug-likeness (QED) is 0.858. The van der Waals surface area contributed by atoms with Crippen LogP contribution in [0.25, 0.3) is 0 Å². The van der Waals surface area contributed by atoms with Crippen LogP contribution in [-0.2, 0) is 0 Å². The van der Waals surface area contributed by atoms with E-state index in [1.165, 1.54) is 12.1 Å². The number of rotatable bonds is 6. The van der Waals surface area contributed by atoms with E-state index in [9.17, 15) is 4.39 Å². The van der Waals surface area contributed by atoms with Gasteiger partial charge in [0.25, 0.3) is 0 Å². The first-order chi connectivity index (χ1) is 9.29. The third kappa shape index (κ3) is 4.07. The molecule has 0 fully saturated rings. The molecular weight excluding hydrogens is 241 g/mol. The standard InChI is InChI=1S/C16H18FNO/c17-14-8-4-9-15(12-14)19-16(10-5-11-18)13-6-2-1-3-7-13/h1-4,6-9,12,16H,5,10-11,18H2. The lowest BCUT2D eigenvalue weighted by Crippen LogP contribution is -2.10. The zero-order chi connectivity index (χ0) is 13.5. The molecule has 1 atom stereocenters. The molecule has 2 rings (SSSR count). The van der Waals surface area contributed by atoms with Crippen molar-refractivity contribution in [2.75, 3.05) is 6.54 Å². The lowest BCUT2D eigenvalue weighted by Gasteiger charge is -2.19. The zero-order valence-electron chi connectivity index (χ0n) is 10.8. The SMILES string of the molecule is NCCCC(Oc1cccc(F)c1)c1ccccc1. The van der Waals surface area contributed by atoms with Gasteiger partial charge >= 0.3 is 0 Å². The van der Waals surface area contributed by atoms with Crippen molar-refractivity contribution >= 4 is 0 Å². The Morgan fingerprint density at radius 1 is 1.05 bits per heavy atom. The highest BCUT2D eigenvalue weighted by atomic mass is 19.1. The van der Waals surface area contributed by atoms with Crippen LogP contribution < -0.4 is 10.5 Å². The molecule has 3 heteroatoms. The fraction of sp³-hybridized carbons (Fsp3) is 0.250. The molecule has 19 heavy (non-hydrogen) atoms. The molecule has 0 saturated heterocycles. The second-order valence-electron chi connectivity index (χ2n) is 4.41. The molecular formula is C16H18FNO. The van der Waals surface area contributed by atoms with Crippen molar-refractivity contribution in [3.8, 4) is 5.75 Å². The van der Waals surface area contributed by atoms with Crippen LogP contribution >= 0.6 is 0 Å². The summed E-state index contributed by atoms with van der Waals surface area (Å²) in [5.74, 6) is 0.258. The number of ether oxygens (including phenoxy) is 1. The Kier molecular flexibility index (Phi) is 4.93. The second kappa shape index (κ2) is 6.90. The van der Waals surface area contributed by atoms with Crippen molar-refractivity contribution in [2.24, 2.45) is 5.73 Å². The molecule has 100 valence electrons. The smallest absolute Gasteiger partial charge is 0.126 e. The second-order valence-corrected chi connectivity index (χ2v) is 4.41. The third-order valence-corrected chi connectivity index (χ3v) is 2.92. The fourth-order valence-electron chi connectivity index (χ4n) is 1.97. The van der Waals surface area contributed by atoms with Crippen molar-refractivity contribution in [2.45, 2.75) is 18.9 Å². The largest absolute Gasteiger partial charge is 0.486 e. The minimum Gasteiger partial charge on any atom is -0.486 e. The maximum atomic E-state index is 13.2. The molecule has 2 N–H and O–H groups in total. The summed E-state index contributed by atoms with van der Waals surface area (Å²) in [5.41, 5.74) is 6.64. The van der Waals surface area contributed by atoms with Gasteiger partial charge in [-0.25, -0.2) is 4.39 Å². The summed E-state index contributed by atoms with van der Waals surface area (Å²) < 4.78 is 19.1. The summed E-state index contributed by atoms with van der Waals surface area (Å²) >= 11 is 0. The summed E-state index contributed by atoms with van der Waals surface area (Å²) in [6.07, 6.45) is 1.60. The topological polar surface area (TPSA) is 35.2 Å². The molecule has 2 aromatic carbocycles. The van der Waals surface area contributed by atoms with Gasteiger partial charge in [0.2, 0.25) is 0 Å². The first kappa shape index (κ1) is 13.6. The van der Waals surface area contributed by atoms with Crippen molar-refractivity contribution < 1.29 is 9.13 Å². The van der Waals surface area contributed by atoms with Gasteiger partial charge in [0.05, 0.1) is 0 Å². The fourth-order valence-corrected chi connectivity index (χ4v) is 1.97. The predicted octanol–water partition coefficient (Wildman–Crippen LogP) is 3.68. The van der Waals surface area contributed by atoms with Gasteiger partial charge < -0.3 is 10.5 Å². The summed E-state index contributed by atoms with van der Waals surface area (Å²) in [4.78, 5) is 0. The van der Waals surface area contributed by atoms with Crippen molar-refractivity contribution in [1.29, 1.82) is 0 Å². The van der Waals surface area contributed by atoms with Gasteiger partial charge in [0, 0.05) is 6.07 Å². The molecule has 0 spiro atoms. The van der Waals surface area contributed by atoms with E-state index in [1.54, 1.807) is 12.1 Å². The summed E-state index contributed by atoms with van der Waals surface area (Å²) in [5, 5.41) is 0. The first-order valence-corrected chi connectivity index (χ1v) is 6.47. The van der Waals surface area contributed by atoms with E-state index in [1.807, 2.05) is 30.3 Å². The molecule has 0 bridgehead atoms. The number of halogens is 1. The molecule has 1 unspecified atom stereocenters. The Balaban J connectivity index is 2.14. The lowest BCUT2D eigenvalue weighted by molar-refractivity contribution is 0.192. The average Bonchev–Trinajstić information content (AvgIpc) is 2.44. The van der Waals surface area contributed by atoms with Crippen LogP contribution in [0.3, 0.4) is 0 Å². The highest BCUT2D eigenvalue weighted by molar-refractivity contribution is 5.25. The van der Waals surface area contributed by atoms with E-state index in [-0.39, 0.29) is 11.9 Å². The highest BCUT2D eigenvalue weighted by Crippen LogP contribution is 2.26. The maximum Gasteiger partial charge on any atom is 0.126 e. The van der Waals surface area contributed by atoms with Gasteiger partial charge in [-0.3, -0.25) is 0 Å². The van der Waals surface area contributed by atoms with Crippen LogP contribution in [0.2, 0.25) is 0 Å². The Hall–Kier alpha value is -1.87. The highest BCUT2D eigenvalue weighted by Gasteiger charge is 2.12. The van der Waals surface area contributed by atoms with Gasteiger partial charge in [-0.15, -0.1) is 0 Å². The predicted molar refractivity (Wildman–Crippen MR) is 74.5 cm³/mol.